The van der Waals surface area contributed by atoms with Crippen LogP contribution in [0.15, 0.2) is 47.5 Å². The average molecular weight is 445 g/mol. The van der Waals surface area contributed by atoms with Gasteiger partial charge in [-0.05, 0) is 62.1 Å². The van der Waals surface area contributed by atoms with Gasteiger partial charge < -0.3 is 14.0 Å². The number of hydrogen-bond donors (Lipinski definition) is 0. The molecule has 0 saturated heterocycles. The minimum atomic E-state index is -0.246. The molecule has 0 unspecified atom stereocenters. The van der Waals surface area contributed by atoms with Crippen LogP contribution in [0.4, 0.5) is 0 Å². The SMILES string of the molecule is CCCCOc1ccc(C(=O)N=c2sc3cc(OCC)ccc3n2CCSC)cc1. The molecule has 0 spiro atoms. The maximum Gasteiger partial charge on any atom is 0.279 e. The third kappa shape index (κ3) is 5.67. The molecule has 3 aromatic rings. The lowest BCUT2D eigenvalue weighted by Gasteiger charge is -2.06. The zero-order valence-electron chi connectivity index (χ0n) is 17.7. The molecule has 3 rings (SSSR count). The molecule has 0 aliphatic carbocycles. The Bertz CT molecular complexity index is 1040. The van der Waals surface area contributed by atoms with E-state index in [-0.39, 0.29) is 5.91 Å². The van der Waals surface area contributed by atoms with Crippen LogP contribution in [0.5, 0.6) is 11.5 Å². The molecular weight excluding hydrogens is 416 g/mol. The van der Waals surface area contributed by atoms with Gasteiger partial charge in [0.2, 0.25) is 0 Å². The highest BCUT2D eigenvalue weighted by molar-refractivity contribution is 7.98. The van der Waals surface area contributed by atoms with Crippen molar-refractivity contribution in [2.24, 2.45) is 4.99 Å². The van der Waals surface area contributed by atoms with Crippen molar-refractivity contribution in [2.75, 3.05) is 25.2 Å². The van der Waals surface area contributed by atoms with Crippen molar-refractivity contribution in [3.8, 4) is 11.5 Å². The standard InChI is InChI=1S/C23H28N2O3S2/c1-4-6-14-28-18-9-7-17(8-10-18)22(26)24-23-25(13-15-29-3)20-12-11-19(27-5-2)16-21(20)30-23/h7-12,16H,4-6,13-15H2,1-3H3. The van der Waals surface area contributed by atoms with E-state index in [1.54, 1.807) is 23.9 Å². The first-order valence-corrected chi connectivity index (χ1v) is 12.4. The maximum absolute atomic E-state index is 12.8. The molecule has 2 aromatic carbocycles. The van der Waals surface area contributed by atoms with Crippen molar-refractivity contribution < 1.29 is 14.3 Å². The fraction of sp³-hybridized carbons (Fsp3) is 0.391. The summed E-state index contributed by atoms with van der Waals surface area (Å²) in [5.41, 5.74) is 1.63. The molecule has 0 atom stereocenters. The van der Waals surface area contributed by atoms with Gasteiger partial charge in [0.05, 0.1) is 23.4 Å². The van der Waals surface area contributed by atoms with Crippen LogP contribution in [0.1, 0.15) is 37.0 Å². The summed E-state index contributed by atoms with van der Waals surface area (Å²) in [4.78, 5) is 18.0. The molecule has 5 nitrogen and oxygen atoms in total. The summed E-state index contributed by atoms with van der Waals surface area (Å²) in [6, 6.07) is 13.3. The quantitative estimate of drug-likeness (QED) is 0.394. The first-order chi connectivity index (χ1) is 14.7. The number of thiazole rings is 1. The zero-order chi connectivity index (χ0) is 21.3. The number of unbranched alkanes of at least 4 members (excludes halogenated alkanes) is 1. The first kappa shape index (κ1) is 22.4. The number of ether oxygens (including phenoxy) is 2. The summed E-state index contributed by atoms with van der Waals surface area (Å²) in [5, 5.41) is 0. The molecule has 0 saturated carbocycles. The van der Waals surface area contributed by atoms with Gasteiger partial charge in [-0.15, -0.1) is 0 Å². The molecule has 0 aliphatic rings. The summed E-state index contributed by atoms with van der Waals surface area (Å²) in [6.07, 6.45) is 4.19. The molecule has 1 heterocycles. The number of fused-ring (bicyclic) bond motifs is 1. The van der Waals surface area contributed by atoms with E-state index in [2.05, 4.69) is 22.7 Å². The van der Waals surface area contributed by atoms with E-state index in [4.69, 9.17) is 9.47 Å². The van der Waals surface area contributed by atoms with Gasteiger partial charge in [0.25, 0.3) is 5.91 Å². The van der Waals surface area contributed by atoms with E-state index in [0.29, 0.717) is 23.6 Å². The van der Waals surface area contributed by atoms with Gasteiger partial charge in [-0.2, -0.15) is 16.8 Å². The Morgan fingerprint density at radius 3 is 2.57 bits per heavy atom. The molecule has 0 aliphatic heterocycles. The Balaban J connectivity index is 1.90. The second-order valence-electron chi connectivity index (χ2n) is 6.73. The second kappa shape index (κ2) is 11.2. The van der Waals surface area contributed by atoms with Gasteiger partial charge >= 0.3 is 0 Å². The fourth-order valence-electron chi connectivity index (χ4n) is 2.97. The van der Waals surface area contributed by atoms with Crippen molar-refractivity contribution in [1.29, 1.82) is 0 Å². The monoisotopic (exact) mass is 444 g/mol. The number of aryl methyl sites for hydroxylation is 1. The number of benzene rings is 2. The van der Waals surface area contributed by atoms with E-state index in [1.165, 1.54) is 11.3 Å². The molecule has 160 valence electrons. The van der Waals surface area contributed by atoms with Gasteiger partial charge in [-0.3, -0.25) is 4.79 Å². The van der Waals surface area contributed by atoms with Gasteiger partial charge in [0.1, 0.15) is 11.5 Å². The summed E-state index contributed by atoms with van der Waals surface area (Å²) in [7, 11) is 0. The minimum absolute atomic E-state index is 0.246. The lowest BCUT2D eigenvalue weighted by Crippen LogP contribution is -2.18. The second-order valence-corrected chi connectivity index (χ2v) is 8.73. The Morgan fingerprint density at radius 2 is 1.87 bits per heavy atom. The molecule has 0 fully saturated rings. The summed E-state index contributed by atoms with van der Waals surface area (Å²) >= 11 is 3.29. The van der Waals surface area contributed by atoms with Gasteiger partial charge in [-0.25, -0.2) is 0 Å². The number of carbonyl (C=O) groups is 1. The molecular formula is C23H28N2O3S2. The lowest BCUT2D eigenvalue weighted by atomic mass is 10.2. The number of rotatable bonds is 10. The minimum Gasteiger partial charge on any atom is -0.494 e. The first-order valence-electron chi connectivity index (χ1n) is 10.2. The Labute approximate surface area is 185 Å². The Morgan fingerprint density at radius 1 is 1.10 bits per heavy atom. The topological polar surface area (TPSA) is 52.8 Å². The van der Waals surface area contributed by atoms with Crippen molar-refractivity contribution in [2.45, 2.75) is 33.2 Å². The van der Waals surface area contributed by atoms with E-state index in [0.717, 1.165) is 46.9 Å². The van der Waals surface area contributed by atoms with Crippen LogP contribution < -0.4 is 14.3 Å². The lowest BCUT2D eigenvalue weighted by molar-refractivity contribution is 0.0998. The van der Waals surface area contributed by atoms with Crippen molar-refractivity contribution in [1.82, 2.24) is 4.57 Å². The predicted molar refractivity (Wildman–Crippen MR) is 126 cm³/mol. The highest BCUT2D eigenvalue weighted by Gasteiger charge is 2.10. The van der Waals surface area contributed by atoms with Crippen LogP contribution in [0.25, 0.3) is 10.2 Å². The number of nitrogens with zero attached hydrogens (tertiary/aromatic N) is 2. The Kier molecular flexibility index (Phi) is 8.39. The van der Waals surface area contributed by atoms with Gasteiger partial charge in [-0.1, -0.05) is 24.7 Å². The molecule has 0 N–H and O–H groups in total. The van der Waals surface area contributed by atoms with Gasteiger partial charge in [0, 0.05) is 17.9 Å². The number of carbonyl (C=O) groups excluding carboxylic acids is 1. The predicted octanol–water partition coefficient (Wildman–Crippen LogP) is 5.38. The number of hydrogen-bond acceptors (Lipinski definition) is 5. The normalized spacial score (nSPS) is 11.8. The third-order valence-corrected chi connectivity index (χ3v) is 6.18. The summed E-state index contributed by atoms with van der Waals surface area (Å²) in [6.45, 7) is 6.21. The highest BCUT2D eigenvalue weighted by atomic mass is 32.2. The van der Waals surface area contributed by atoms with E-state index >= 15 is 0 Å². The molecule has 7 heteroatoms. The molecule has 30 heavy (non-hydrogen) atoms. The number of aromatic nitrogens is 1. The largest absolute Gasteiger partial charge is 0.494 e. The molecule has 0 bridgehead atoms. The fourth-order valence-corrected chi connectivity index (χ4v) is 4.42. The average Bonchev–Trinajstić information content (AvgIpc) is 3.09. The van der Waals surface area contributed by atoms with Crippen LogP contribution in [-0.2, 0) is 6.54 Å². The van der Waals surface area contributed by atoms with Crippen LogP contribution >= 0.6 is 23.1 Å². The number of thioether (sulfide) groups is 1. The van der Waals surface area contributed by atoms with Crippen LogP contribution in [0.3, 0.4) is 0 Å². The molecule has 1 amide bonds. The van der Waals surface area contributed by atoms with Crippen LogP contribution in [0.2, 0.25) is 0 Å². The van der Waals surface area contributed by atoms with Crippen molar-refractivity contribution >= 4 is 39.2 Å². The highest BCUT2D eigenvalue weighted by Crippen LogP contribution is 2.24. The molecule has 0 radical (unpaired) electrons. The third-order valence-electron chi connectivity index (χ3n) is 4.55. The zero-order valence-corrected chi connectivity index (χ0v) is 19.4. The van der Waals surface area contributed by atoms with E-state index < -0.39 is 0 Å². The van der Waals surface area contributed by atoms with Crippen LogP contribution in [-0.4, -0.2) is 35.7 Å². The summed E-state index contributed by atoms with van der Waals surface area (Å²) < 4.78 is 14.5. The smallest absolute Gasteiger partial charge is 0.279 e. The number of amides is 1. The van der Waals surface area contributed by atoms with Crippen LogP contribution in [0, 0.1) is 0 Å². The Hall–Kier alpha value is -2.25. The summed E-state index contributed by atoms with van der Waals surface area (Å²) in [5.74, 6) is 2.31. The van der Waals surface area contributed by atoms with Crippen molar-refractivity contribution in [3.05, 3.63) is 52.8 Å². The van der Waals surface area contributed by atoms with E-state index in [1.807, 2.05) is 37.3 Å². The van der Waals surface area contributed by atoms with Gasteiger partial charge in [0.15, 0.2) is 4.80 Å². The van der Waals surface area contributed by atoms with Crippen molar-refractivity contribution in [3.63, 3.8) is 0 Å². The molecule has 1 aromatic heterocycles. The maximum atomic E-state index is 12.8. The van der Waals surface area contributed by atoms with E-state index in [9.17, 15) is 4.79 Å².